The molecule has 0 saturated heterocycles. The molecule has 0 unspecified atom stereocenters. The van der Waals surface area contributed by atoms with Gasteiger partial charge in [0.2, 0.25) is 0 Å². The molecule has 0 aliphatic rings. The Labute approximate surface area is 114 Å². The molecule has 19 heavy (non-hydrogen) atoms. The summed E-state index contributed by atoms with van der Waals surface area (Å²) in [5.41, 5.74) is 2.40. The first-order chi connectivity index (χ1) is 9.28. The lowest BCUT2D eigenvalue weighted by molar-refractivity contribution is 0.414. The van der Waals surface area contributed by atoms with Gasteiger partial charge in [0.05, 0.1) is 20.3 Å². The van der Waals surface area contributed by atoms with Gasteiger partial charge in [0, 0.05) is 0 Å². The predicted molar refractivity (Wildman–Crippen MR) is 76.9 cm³/mol. The van der Waals surface area contributed by atoms with Crippen molar-refractivity contribution in [2.75, 3.05) is 21.3 Å². The first-order valence-corrected chi connectivity index (χ1v) is 6.23. The molecule has 2 rings (SSSR count). The van der Waals surface area contributed by atoms with E-state index in [1.54, 1.807) is 14.2 Å². The van der Waals surface area contributed by atoms with Crippen molar-refractivity contribution in [2.24, 2.45) is 0 Å². The van der Waals surface area contributed by atoms with Crippen LogP contribution in [0.5, 0.6) is 11.5 Å². The lowest BCUT2D eigenvalue weighted by Crippen LogP contribution is -2.17. The molecule has 0 spiro atoms. The van der Waals surface area contributed by atoms with Gasteiger partial charge in [0.25, 0.3) is 0 Å². The zero-order chi connectivity index (χ0) is 13.7. The molecule has 0 fully saturated rings. The second kappa shape index (κ2) is 6.25. The van der Waals surface area contributed by atoms with Crippen molar-refractivity contribution < 1.29 is 9.47 Å². The highest BCUT2D eigenvalue weighted by Gasteiger charge is 2.11. The third kappa shape index (κ3) is 3.06. The molecule has 0 heterocycles. The standard InChI is InChI=1S/C16H19NO2/c1-17-16(12-4-8-14(18-2)9-5-12)13-6-10-15(19-3)11-7-13/h4-11,16-17H,1-3H3. The van der Waals surface area contributed by atoms with Gasteiger partial charge < -0.3 is 14.8 Å². The molecule has 0 aliphatic carbocycles. The molecule has 1 N–H and O–H groups in total. The molecule has 2 aromatic carbocycles. The van der Waals surface area contributed by atoms with Crippen LogP contribution in [0, 0.1) is 0 Å². The van der Waals surface area contributed by atoms with Crippen LogP contribution in [0.4, 0.5) is 0 Å². The SMILES string of the molecule is CNC(c1ccc(OC)cc1)c1ccc(OC)cc1. The van der Waals surface area contributed by atoms with Crippen LogP contribution in [-0.2, 0) is 0 Å². The van der Waals surface area contributed by atoms with Crippen molar-refractivity contribution in [1.82, 2.24) is 5.32 Å². The fraction of sp³-hybridized carbons (Fsp3) is 0.250. The van der Waals surface area contributed by atoms with Crippen LogP contribution in [0.1, 0.15) is 17.2 Å². The van der Waals surface area contributed by atoms with E-state index in [1.165, 1.54) is 11.1 Å². The van der Waals surface area contributed by atoms with Crippen LogP contribution in [0.25, 0.3) is 0 Å². The zero-order valence-electron chi connectivity index (χ0n) is 11.5. The van der Waals surface area contributed by atoms with E-state index in [0.717, 1.165) is 11.5 Å². The Balaban J connectivity index is 2.26. The molecule has 0 atom stereocenters. The number of hydrogen-bond acceptors (Lipinski definition) is 3. The Morgan fingerprint density at radius 3 is 1.37 bits per heavy atom. The van der Waals surface area contributed by atoms with E-state index in [1.807, 2.05) is 31.3 Å². The lowest BCUT2D eigenvalue weighted by atomic mass is 9.99. The fourth-order valence-electron chi connectivity index (χ4n) is 2.12. The van der Waals surface area contributed by atoms with Crippen LogP contribution in [0.15, 0.2) is 48.5 Å². The first kappa shape index (κ1) is 13.4. The third-order valence-electron chi connectivity index (χ3n) is 3.19. The maximum Gasteiger partial charge on any atom is 0.118 e. The summed E-state index contributed by atoms with van der Waals surface area (Å²) in [4.78, 5) is 0. The number of hydrogen-bond donors (Lipinski definition) is 1. The van der Waals surface area contributed by atoms with Gasteiger partial charge in [0.1, 0.15) is 11.5 Å². The summed E-state index contributed by atoms with van der Waals surface area (Å²) in [6.07, 6.45) is 0. The first-order valence-electron chi connectivity index (χ1n) is 6.23. The fourth-order valence-corrected chi connectivity index (χ4v) is 2.12. The Morgan fingerprint density at radius 1 is 0.737 bits per heavy atom. The van der Waals surface area contributed by atoms with Crippen LogP contribution < -0.4 is 14.8 Å². The predicted octanol–water partition coefficient (Wildman–Crippen LogP) is 3.01. The molecule has 0 aliphatic heterocycles. The average Bonchev–Trinajstić information content (AvgIpc) is 2.49. The second-order valence-electron chi connectivity index (χ2n) is 4.27. The van der Waals surface area contributed by atoms with Gasteiger partial charge in [-0.3, -0.25) is 0 Å². The molecule has 0 radical (unpaired) electrons. The van der Waals surface area contributed by atoms with Crippen LogP contribution in [0.2, 0.25) is 0 Å². The van der Waals surface area contributed by atoms with Crippen molar-refractivity contribution in [1.29, 1.82) is 0 Å². The summed E-state index contributed by atoms with van der Waals surface area (Å²) in [6.45, 7) is 0. The Morgan fingerprint density at radius 2 is 1.11 bits per heavy atom. The Bertz CT molecular complexity index is 458. The van der Waals surface area contributed by atoms with Crippen LogP contribution in [-0.4, -0.2) is 21.3 Å². The normalized spacial score (nSPS) is 10.5. The average molecular weight is 257 g/mol. The Kier molecular flexibility index (Phi) is 4.42. The van der Waals surface area contributed by atoms with Gasteiger partial charge in [-0.1, -0.05) is 24.3 Å². The molecular weight excluding hydrogens is 238 g/mol. The van der Waals surface area contributed by atoms with Crippen molar-refractivity contribution in [3.8, 4) is 11.5 Å². The maximum atomic E-state index is 5.18. The Hall–Kier alpha value is -2.00. The number of benzene rings is 2. The number of nitrogens with one attached hydrogen (secondary N) is 1. The van der Waals surface area contributed by atoms with Gasteiger partial charge in [-0.05, 0) is 42.4 Å². The van der Waals surface area contributed by atoms with E-state index in [4.69, 9.17) is 9.47 Å². The molecule has 3 heteroatoms. The molecule has 0 bridgehead atoms. The molecule has 0 amide bonds. The summed E-state index contributed by atoms with van der Waals surface area (Å²) in [5.74, 6) is 1.74. The molecule has 0 aromatic heterocycles. The topological polar surface area (TPSA) is 30.5 Å². The monoisotopic (exact) mass is 257 g/mol. The van der Waals surface area contributed by atoms with Crippen molar-refractivity contribution in [3.05, 3.63) is 59.7 Å². The molecule has 0 saturated carbocycles. The smallest absolute Gasteiger partial charge is 0.118 e. The highest BCUT2D eigenvalue weighted by molar-refractivity contribution is 5.37. The van der Waals surface area contributed by atoms with Crippen molar-refractivity contribution in [2.45, 2.75) is 6.04 Å². The van der Waals surface area contributed by atoms with E-state index < -0.39 is 0 Å². The van der Waals surface area contributed by atoms with Crippen LogP contribution in [0.3, 0.4) is 0 Å². The largest absolute Gasteiger partial charge is 0.497 e. The number of ether oxygens (including phenoxy) is 2. The maximum absolute atomic E-state index is 5.18. The van der Waals surface area contributed by atoms with E-state index >= 15 is 0 Å². The lowest BCUT2D eigenvalue weighted by Gasteiger charge is -2.18. The summed E-state index contributed by atoms with van der Waals surface area (Å²) in [7, 11) is 5.31. The number of rotatable bonds is 5. The van der Waals surface area contributed by atoms with Gasteiger partial charge in [0.15, 0.2) is 0 Å². The highest BCUT2D eigenvalue weighted by Crippen LogP contribution is 2.25. The zero-order valence-corrected chi connectivity index (χ0v) is 11.5. The molecule has 3 nitrogen and oxygen atoms in total. The molecule has 100 valence electrons. The highest BCUT2D eigenvalue weighted by atomic mass is 16.5. The van der Waals surface area contributed by atoms with Gasteiger partial charge in [-0.2, -0.15) is 0 Å². The minimum absolute atomic E-state index is 0.164. The van der Waals surface area contributed by atoms with Crippen molar-refractivity contribution >= 4 is 0 Å². The van der Waals surface area contributed by atoms with Crippen LogP contribution >= 0.6 is 0 Å². The van der Waals surface area contributed by atoms with E-state index in [-0.39, 0.29) is 6.04 Å². The van der Waals surface area contributed by atoms with Gasteiger partial charge in [-0.15, -0.1) is 0 Å². The third-order valence-corrected chi connectivity index (χ3v) is 3.19. The molecule has 2 aromatic rings. The minimum atomic E-state index is 0.164. The van der Waals surface area contributed by atoms with E-state index in [0.29, 0.717) is 0 Å². The quantitative estimate of drug-likeness (QED) is 0.893. The summed E-state index contributed by atoms with van der Waals surface area (Å²) in [6, 6.07) is 16.4. The minimum Gasteiger partial charge on any atom is -0.497 e. The number of methoxy groups -OCH3 is 2. The van der Waals surface area contributed by atoms with E-state index in [2.05, 4.69) is 29.6 Å². The second-order valence-corrected chi connectivity index (χ2v) is 4.27. The van der Waals surface area contributed by atoms with Gasteiger partial charge in [-0.25, -0.2) is 0 Å². The summed E-state index contributed by atoms with van der Waals surface area (Å²) in [5, 5.41) is 3.33. The summed E-state index contributed by atoms with van der Waals surface area (Å²) >= 11 is 0. The summed E-state index contributed by atoms with van der Waals surface area (Å²) < 4.78 is 10.4. The van der Waals surface area contributed by atoms with Crippen molar-refractivity contribution in [3.63, 3.8) is 0 Å². The molecular formula is C16H19NO2. The van der Waals surface area contributed by atoms with E-state index in [9.17, 15) is 0 Å². The van der Waals surface area contributed by atoms with Gasteiger partial charge >= 0.3 is 0 Å².